The van der Waals surface area contributed by atoms with Gasteiger partial charge in [0, 0.05) is 16.7 Å². The summed E-state index contributed by atoms with van der Waals surface area (Å²) in [6, 6.07) is 2.57. The van der Waals surface area contributed by atoms with E-state index in [1.165, 1.54) is 24.8 Å². The molecule has 1 unspecified atom stereocenters. The summed E-state index contributed by atoms with van der Waals surface area (Å²) in [5.74, 6) is 0.972. The van der Waals surface area contributed by atoms with Crippen LogP contribution in [0.5, 0.6) is 0 Å². The Morgan fingerprint density at radius 3 is 2.87 bits per heavy atom. The minimum absolute atomic E-state index is 0.498. The van der Waals surface area contributed by atoms with Gasteiger partial charge in [0.2, 0.25) is 0 Å². The molecule has 0 aliphatic heterocycles. The van der Waals surface area contributed by atoms with Gasteiger partial charge in [-0.3, -0.25) is 0 Å². The second-order valence-corrected chi connectivity index (χ2v) is 4.86. The topological polar surface area (TPSA) is 24.9 Å². The zero-order chi connectivity index (χ0) is 11.3. The molecule has 0 bridgehead atoms. The first-order valence-electron chi connectivity index (χ1n) is 5.52. The SMILES string of the molecule is CCCCC(C)Nc1cc(C)c(Br)cn1. The third-order valence-electron chi connectivity index (χ3n) is 2.43. The minimum Gasteiger partial charge on any atom is -0.368 e. The van der Waals surface area contributed by atoms with Crippen molar-refractivity contribution in [2.75, 3.05) is 5.32 Å². The van der Waals surface area contributed by atoms with Crippen LogP contribution >= 0.6 is 15.9 Å². The maximum Gasteiger partial charge on any atom is 0.126 e. The summed E-state index contributed by atoms with van der Waals surface area (Å²) in [4.78, 5) is 4.33. The number of rotatable bonds is 5. The first-order valence-corrected chi connectivity index (χ1v) is 6.31. The second kappa shape index (κ2) is 6.11. The monoisotopic (exact) mass is 270 g/mol. The van der Waals surface area contributed by atoms with Crippen LogP contribution in [-0.2, 0) is 0 Å². The Labute approximate surface area is 101 Å². The van der Waals surface area contributed by atoms with E-state index < -0.39 is 0 Å². The summed E-state index contributed by atoms with van der Waals surface area (Å²) < 4.78 is 1.06. The van der Waals surface area contributed by atoms with Crippen molar-refractivity contribution < 1.29 is 0 Å². The molecule has 0 spiro atoms. The van der Waals surface area contributed by atoms with Crippen LogP contribution in [0.25, 0.3) is 0 Å². The van der Waals surface area contributed by atoms with Gasteiger partial charge in [-0.2, -0.15) is 0 Å². The van der Waals surface area contributed by atoms with Gasteiger partial charge in [-0.25, -0.2) is 4.98 Å². The van der Waals surface area contributed by atoms with Gasteiger partial charge >= 0.3 is 0 Å². The van der Waals surface area contributed by atoms with Crippen molar-refractivity contribution in [3.05, 3.63) is 22.3 Å². The molecule has 0 aromatic carbocycles. The minimum atomic E-state index is 0.498. The molecule has 1 aromatic heterocycles. The van der Waals surface area contributed by atoms with Crippen LogP contribution in [0, 0.1) is 6.92 Å². The maximum absolute atomic E-state index is 4.33. The molecule has 84 valence electrons. The number of pyridine rings is 1. The first-order chi connectivity index (χ1) is 7.13. The highest BCUT2D eigenvalue weighted by Crippen LogP contribution is 2.18. The molecule has 2 nitrogen and oxygen atoms in total. The summed E-state index contributed by atoms with van der Waals surface area (Å²) >= 11 is 3.45. The van der Waals surface area contributed by atoms with Gasteiger partial charge in [0.05, 0.1) is 0 Å². The number of nitrogens with one attached hydrogen (secondary N) is 1. The average Bonchev–Trinajstić information content (AvgIpc) is 2.20. The third-order valence-corrected chi connectivity index (χ3v) is 3.26. The highest BCUT2D eigenvalue weighted by Gasteiger charge is 2.03. The van der Waals surface area contributed by atoms with Crippen LogP contribution < -0.4 is 5.32 Å². The van der Waals surface area contributed by atoms with Gasteiger partial charge in [0.25, 0.3) is 0 Å². The molecule has 0 saturated carbocycles. The molecule has 15 heavy (non-hydrogen) atoms. The van der Waals surface area contributed by atoms with E-state index in [4.69, 9.17) is 0 Å². The van der Waals surface area contributed by atoms with Crippen molar-refractivity contribution in [3.8, 4) is 0 Å². The number of aryl methyl sites for hydroxylation is 1. The molecule has 1 aromatic rings. The van der Waals surface area contributed by atoms with E-state index in [0.29, 0.717) is 6.04 Å². The molecule has 1 heterocycles. The van der Waals surface area contributed by atoms with Crippen LogP contribution in [-0.4, -0.2) is 11.0 Å². The van der Waals surface area contributed by atoms with Crippen LogP contribution in [0.15, 0.2) is 16.7 Å². The predicted molar refractivity (Wildman–Crippen MR) is 69.3 cm³/mol. The Morgan fingerprint density at radius 2 is 2.27 bits per heavy atom. The van der Waals surface area contributed by atoms with E-state index in [1.54, 1.807) is 0 Å². The summed E-state index contributed by atoms with van der Waals surface area (Å²) in [5.41, 5.74) is 1.22. The molecular weight excluding hydrogens is 252 g/mol. The Bertz CT molecular complexity index is 312. The van der Waals surface area contributed by atoms with Crippen LogP contribution in [0.1, 0.15) is 38.7 Å². The molecule has 0 aliphatic rings. The average molecular weight is 271 g/mol. The van der Waals surface area contributed by atoms with Crippen LogP contribution in [0.4, 0.5) is 5.82 Å². The number of aromatic nitrogens is 1. The van der Waals surface area contributed by atoms with Crippen molar-refractivity contribution >= 4 is 21.7 Å². The largest absolute Gasteiger partial charge is 0.368 e. The highest BCUT2D eigenvalue weighted by atomic mass is 79.9. The number of hydrogen-bond acceptors (Lipinski definition) is 2. The molecule has 0 saturated heterocycles. The lowest BCUT2D eigenvalue weighted by molar-refractivity contribution is 0.643. The number of nitrogens with zero attached hydrogens (tertiary/aromatic N) is 1. The van der Waals surface area contributed by atoms with Crippen LogP contribution in [0.2, 0.25) is 0 Å². The highest BCUT2D eigenvalue weighted by molar-refractivity contribution is 9.10. The lowest BCUT2D eigenvalue weighted by Crippen LogP contribution is -2.15. The van der Waals surface area contributed by atoms with E-state index in [2.05, 4.69) is 53.1 Å². The lowest BCUT2D eigenvalue weighted by atomic mass is 10.1. The molecule has 1 rings (SSSR count). The zero-order valence-electron chi connectivity index (χ0n) is 9.68. The van der Waals surface area contributed by atoms with Gasteiger partial charge in [-0.15, -0.1) is 0 Å². The summed E-state index contributed by atoms with van der Waals surface area (Å²) in [6.07, 6.45) is 5.57. The molecular formula is C12H19BrN2. The Kier molecular flexibility index (Phi) is 5.09. The Hall–Kier alpha value is -0.570. The van der Waals surface area contributed by atoms with Gasteiger partial charge in [-0.1, -0.05) is 19.8 Å². The number of halogens is 1. The fourth-order valence-corrected chi connectivity index (χ4v) is 1.67. The summed E-state index contributed by atoms with van der Waals surface area (Å²) in [5, 5.41) is 3.41. The lowest BCUT2D eigenvalue weighted by Gasteiger charge is -2.14. The van der Waals surface area contributed by atoms with Gasteiger partial charge < -0.3 is 5.32 Å². The molecule has 0 radical (unpaired) electrons. The smallest absolute Gasteiger partial charge is 0.126 e. The Morgan fingerprint density at radius 1 is 1.53 bits per heavy atom. The summed E-state index contributed by atoms with van der Waals surface area (Å²) in [7, 11) is 0. The summed E-state index contributed by atoms with van der Waals surface area (Å²) in [6.45, 7) is 6.50. The van der Waals surface area contributed by atoms with Crippen molar-refractivity contribution in [2.45, 2.75) is 46.1 Å². The number of unbranched alkanes of at least 4 members (excludes halogenated alkanes) is 1. The first kappa shape index (κ1) is 12.5. The molecule has 0 aliphatic carbocycles. The van der Waals surface area contributed by atoms with Gasteiger partial charge in [-0.05, 0) is 47.8 Å². The number of anilines is 1. The van der Waals surface area contributed by atoms with E-state index in [-0.39, 0.29) is 0 Å². The van der Waals surface area contributed by atoms with Crippen LogP contribution in [0.3, 0.4) is 0 Å². The van der Waals surface area contributed by atoms with E-state index in [1.807, 2.05) is 6.20 Å². The fourth-order valence-electron chi connectivity index (χ4n) is 1.45. The standard InChI is InChI=1S/C12H19BrN2/c1-4-5-6-10(3)15-12-7-9(2)11(13)8-14-12/h7-8,10H,4-6H2,1-3H3,(H,14,15). The second-order valence-electron chi connectivity index (χ2n) is 4.01. The Balaban J connectivity index is 2.53. The van der Waals surface area contributed by atoms with E-state index >= 15 is 0 Å². The molecule has 3 heteroatoms. The molecule has 1 atom stereocenters. The van der Waals surface area contributed by atoms with E-state index in [9.17, 15) is 0 Å². The third kappa shape index (κ3) is 4.20. The molecule has 1 N–H and O–H groups in total. The predicted octanol–water partition coefficient (Wildman–Crippen LogP) is 4.14. The van der Waals surface area contributed by atoms with Crippen molar-refractivity contribution in [3.63, 3.8) is 0 Å². The van der Waals surface area contributed by atoms with Gasteiger partial charge in [0.1, 0.15) is 5.82 Å². The molecule has 0 amide bonds. The van der Waals surface area contributed by atoms with Crippen molar-refractivity contribution in [2.24, 2.45) is 0 Å². The van der Waals surface area contributed by atoms with Crippen molar-refractivity contribution in [1.82, 2.24) is 4.98 Å². The van der Waals surface area contributed by atoms with E-state index in [0.717, 1.165) is 10.3 Å². The molecule has 0 fully saturated rings. The fraction of sp³-hybridized carbons (Fsp3) is 0.583. The van der Waals surface area contributed by atoms with Gasteiger partial charge in [0.15, 0.2) is 0 Å². The quantitative estimate of drug-likeness (QED) is 0.870. The van der Waals surface area contributed by atoms with Crippen molar-refractivity contribution in [1.29, 1.82) is 0 Å². The maximum atomic E-state index is 4.33. The zero-order valence-corrected chi connectivity index (χ0v) is 11.3. The number of hydrogen-bond donors (Lipinski definition) is 1. The normalized spacial score (nSPS) is 12.5.